The molecule has 3 heteroatoms. The van der Waals surface area contributed by atoms with Crippen molar-refractivity contribution in [1.29, 1.82) is 0 Å². The van der Waals surface area contributed by atoms with E-state index in [-0.39, 0.29) is 5.60 Å². The largest absolute Gasteiger partial charge is 0.508 e. The summed E-state index contributed by atoms with van der Waals surface area (Å²) in [5, 5.41) is 0. The van der Waals surface area contributed by atoms with Crippen LogP contribution in [0.3, 0.4) is 0 Å². The van der Waals surface area contributed by atoms with Gasteiger partial charge in [-0.05, 0) is 26.2 Å². The van der Waals surface area contributed by atoms with E-state index >= 15 is 0 Å². The van der Waals surface area contributed by atoms with Gasteiger partial charge in [-0.15, -0.1) is 0 Å². The Bertz CT molecular complexity index is 149. The molecule has 0 aromatic rings. The molecule has 1 aliphatic rings. The molecule has 0 amide bonds. The Morgan fingerprint density at radius 3 is 2.45 bits per heavy atom. The maximum Gasteiger partial charge on any atom is 0.508 e. The van der Waals surface area contributed by atoms with Gasteiger partial charge in [0, 0.05) is 0 Å². The lowest BCUT2D eigenvalue weighted by atomic mass is 10.3. The van der Waals surface area contributed by atoms with Gasteiger partial charge in [0.15, 0.2) is 0 Å². The lowest BCUT2D eigenvalue weighted by Crippen LogP contribution is -2.19. The standard InChI is InChI=1S/C8H14O3/c1-3-8(5-6-8)11-7(9)10-4-2/h3-6H2,1-2H3. The van der Waals surface area contributed by atoms with Crippen molar-refractivity contribution in [2.75, 3.05) is 6.61 Å². The van der Waals surface area contributed by atoms with Gasteiger partial charge >= 0.3 is 6.16 Å². The minimum Gasteiger partial charge on any atom is -0.435 e. The first-order chi connectivity index (χ1) is 5.22. The summed E-state index contributed by atoms with van der Waals surface area (Å²) in [5.74, 6) is 0. The van der Waals surface area contributed by atoms with E-state index in [0.29, 0.717) is 6.61 Å². The molecule has 0 saturated heterocycles. The number of hydrogen-bond acceptors (Lipinski definition) is 3. The Balaban J connectivity index is 2.24. The van der Waals surface area contributed by atoms with Gasteiger partial charge in [0.2, 0.25) is 0 Å². The summed E-state index contributed by atoms with van der Waals surface area (Å²) in [5.41, 5.74) is -0.160. The van der Waals surface area contributed by atoms with Crippen molar-refractivity contribution in [2.24, 2.45) is 0 Å². The summed E-state index contributed by atoms with van der Waals surface area (Å²) < 4.78 is 9.74. The minimum atomic E-state index is -0.521. The molecule has 64 valence electrons. The van der Waals surface area contributed by atoms with Crippen molar-refractivity contribution in [1.82, 2.24) is 0 Å². The maximum atomic E-state index is 10.8. The molecule has 3 nitrogen and oxygen atoms in total. The molecular weight excluding hydrogens is 144 g/mol. The summed E-state index contributed by atoms with van der Waals surface area (Å²) in [7, 11) is 0. The topological polar surface area (TPSA) is 35.5 Å². The second-order valence-electron chi connectivity index (χ2n) is 2.82. The molecule has 0 aromatic heterocycles. The highest BCUT2D eigenvalue weighted by atomic mass is 16.7. The van der Waals surface area contributed by atoms with E-state index in [1.807, 2.05) is 6.92 Å². The fourth-order valence-electron chi connectivity index (χ4n) is 0.991. The number of carbonyl (C=O) groups excluding carboxylic acids is 1. The SMILES string of the molecule is CCOC(=O)OC1(CC)CC1. The van der Waals surface area contributed by atoms with Crippen molar-refractivity contribution in [2.45, 2.75) is 38.7 Å². The zero-order valence-electron chi connectivity index (χ0n) is 7.05. The lowest BCUT2D eigenvalue weighted by Gasteiger charge is -2.12. The molecule has 11 heavy (non-hydrogen) atoms. The molecule has 0 atom stereocenters. The van der Waals surface area contributed by atoms with Gasteiger partial charge in [-0.25, -0.2) is 4.79 Å². The van der Waals surface area contributed by atoms with Gasteiger partial charge in [0.25, 0.3) is 0 Å². The molecule has 0 radical (unpaired) electrons. The summed E-state index contributed by atoms with van der Waals surface area (Å²) in [6.45, 7) is 4.18. The van der Waals surface area contributed by atoms with Gasteiger partial charge in [-0.2, -0.15) is 0 Å². The Kier molecular flexibility index (Phi) is 2.37. The highest BCUT2D eigenvalue weighted by Crippen LogP contribution is 2.42. The van der Waals surface area contributed by atoms with Crippen LogP contribution in [0.25, 0.3) is 0 Å². The van der Waals surface area contributed by atoms with Gasteiger partial charge in [-0.3, -0.25) is 0 Å². The molecule has 0 aromatic carbocycles. The Morgan fingerprint density at radius 2 is 2.09 bits per heavy atom. The van der Waals surface area contributed by atoms with E-state index in [0.717, 1.165) is 19.3 Å². The maximum absolute atomic E-state index is 10.8. The minimum absolute atomic E-state index is 0.160. The summed E-state index contributed by atoms with van der Waals surface area (Å²) >= 11 is 0. The molecule has 0 heterocycles. The van der Waals surface area contributed by atoms with Gasteiger partial charge in [0.1, 0.15) is 5.60 Å². The van der Waals surface area contributed by atoms with E-state index in [4.69, 9.17) is 4.74 Å². The number of ether oxygens (including phenoxy) is 2. The molecule has 1 aliphatic carbocycles. The third kappa shape index (κ3) is 2.10. The van der Waals surface area contributed by atoms with Crippen molar-refractivity contribution in [3.63, 3.8) is 0 Å². The van der Waals surface area contributed by atoms with Crippen LogP contribution in [0.4, 0.5) is 4.79 Å². The van der Waals surface area contributed by atoms with Crippen LogP contribution in [-0.4, -0.2) is 18.4 Å². The van der Waals surface area contributed by atoms with Gasteiger partial charge < -0.3 is 9.47 Å². The zero-order valence-corrected chi connectivity index (χ0v) is 7.05. The predicted octanol–water partition coefficient (Wildman–Crippen LogP) is 2.10. The Morgan fingerprint density at radius 1 is 1.45 bits per heavy atom. The van der Waals surface area contributed by atoms with Crippen LogP contribution in [0.5, 0.6) is 0 Å². The molecule has 0 aliphatic heterocycles. The quantitative estimate of drug-likeness (QED) is 0.590. The number of carbonyl (C=O) groups is 1. The highest BCUT2D eigenvalue weighted by Gasteiger charge is 2.45. The second-order valence-corrected chi connectivity index (χ2v) is 2.82. The molecule has 0 spiro atoms. The first kappa shape index (κ1) is 8.37. The van der Waals surface area contributed by atoms with Crippen LogP contribution < -0.4 is 0 Å². The molecule has 1 saturated carbocycles. The molecular formula is C8H14O3. The average Bonchev–Trinajstić information content (AvgIpc) is 2.70. The molecule has 1 rings (SSSR count). The second kappa shape index (κ2) is 3.11. The fraction of sp³-hybridized carbons (Fsp3) is 0.875. The molecule has 1 fully saturated rings. The van der Waals surface area contributed by atoms with Crippen LogP contribution in [0.15, 0.2) is 0 Å². The van der Waals surface area contributed by atoms with Crippen molar-refractivity contribution in [3.8, 4) is 0 Å². The van der Waals surface area contributed by atoms with E-state index in [1.165, 1.54) is 0 Å². The number of rotatable bonds is 3. The third-order valence-electron chi connectivity index (χ3n) is 2.01. The Labute approximate surface area is 66.7 Å². The Hall–Kier alpha value is -0.730. The highest BCUT2D eigenvalue weighted by molar-refractivity contribution is 5.61. The first-order valence-corrected chi connectivity index (χ1v) is 4.08. The van der Waals surface area contributed by atoms with Crippen molar-refractivity contribution in [3.05, 3.63) is 0 Å². The van der Waals surface area contributed by atoms with Crippen LogP contribution in [0, 0.1) is 0 Å². The zero-order chi connectivity index (χ0) is 8.32. The molecule has 0 N–H and O–H groups in total. The van der Waals surface area contributed by atoms with Gasteiger partial charge in [0.05, 0.1) is 6.61 Å². The smallest absolute Gasteiger partial charge is 0.435 e. The van der Waals surface area contributed by atoms with Crippen LogP contribution in [0.2, 0.25) is 0 Å². The number of hydrogen-bond donors (Lipinski definition) is 0. The molecule has 0 bridgehead atoms. The van der Waals surface area contributed by atoms with Crippen LogP contribution in [0.1, 0.15) is 33.1 Å². The third-order valence-corrected chi connectivity index (χ3v) is 2.01. The lowest BCUT2D eigenvalue weighted by molar-refractivity contribution is 0.0142. The van der Waals surface area contributed by atoms with E-state index in [1.54, 1.807) is 6.92 Å². The predicted molar refractivity (Wildman–Crippen MR) is 40.4 cm³/mol. The van der Waals surface area contributed by atoms with Gasteiger partial charge in [-0.1, -0.05) is 6.92 Å². The van der Waals surface area contributed by atoms with E-state index in [9.17, 15) is 4.79 Å². The molecule has 0 unspecified atom stereocenters. The summed E-state index contributed by atoms with van der Waals surface area (Å²) in [6.07, 6.45) is 2.35. The van der Waals surface area contributed by atoms with Crippen LogP contribution >= 0.6 is 0 Å². The van der Waals surface area contributed by atoms with Crippen molar-refractivity contribution >= 4 is 6.16 Å². The van der Waals surface area contributed by atoms with Crippen LogP contribution in [-0.2, 0) is 9.47 Å². The van der Waals surface area contributed by atoms with E-state index in [2.05, 4.69) is 4.74 Å². The monoisotopic (exact) mass is 158 g/mol. The summed E-state index contributed by atoms with van der Waals surface area (Å²) in [4.78, 5) is 10.8. The normalized spacial score (nSPS) is 19.1. The first-order valence-electron chi connectivity index (χ1n) is 4.08. The van der Waals surface area contributed by atoms with E-state index < -0.39 is 6.16 Å². The average molecular weight is 158 g/mol. The summed E-state index contributed by atoms with van der Waals surface area (Å²) in [6, 6.07) is 0. The van der Waals surface area contributed by atoms with Crippen molar-refractivity contribution < 1.29 is 14.3 Å². The fourth-order valence-corrected chi connectivity index (χ4v) is 0.991.